The third-order valence-electron chi connectivity index (χ3n) is 8.89. The summed E-state index contributed by atoms with van der Waals surface area (Å²) in [5.74, 6) is 0. The molecule has 0 N–H and O–H groups in total. The standard InChI is InChI=1S/C41H28N4/c1-25-12-14-38-34(18-25)31-8-4-6-10-36(31)44(38)40-22-33(29-17-27(3)16-28(20-29)23-42)41(21-30(40)24-43)45-37-11-7-5-9-32(37)35-19-26(2)13-15-39(35)45/h4-22H,1-3H3. The van der Waals surface area contributed by atoms with E-state index in [2.05, 4.69) is 126 Å². The lowest BCUT2D eigenvalue weighted by Gasteiger charge is -2.19. The molecule has 0 atom stereocenters. The molecule has 2 aromatic heterocycles. The zero-order valence-electron chi connectivity index (χ0n) is 25.3. The molecular formula is C41H28N4. The molecule has 45 heavy (non-hydrogen) atoms. The Kier molecular flexibility index (Phi) is 5.88. The number of aromatic nitrogens is 2. The summed E-state index contributed by atoms with van der Waals surface area (Å²) in [7, 11) is 0. The van der Waals surface area contributed by atoms with Crippen LogP contribution in [0.3, 0.4) is 0 Å². The molecule has 0 aliphatic carbocycles. The minimum atomic E-state index is 0.572. The fourth-order valence-corrected chi connectivity index (χ4v) is 6.96. The molecule has 0 aliphatic rings. The van der Waals surface area contributed by atoms with Gasteiger partial charge in [-0.25, -0.2) is 0 Å². The number of hydrogen-bond donors (Lipinski definition) is 0. The van der Waals surface area contributed by atoms with Crippen LogP contribution in [0.15, 0.2) is 115 Å². The monoisotopic (exact) mass is 576 g/mol. The Balaban J connectivity index is 1.55. The van der Waals surface area contributed by atoms with Crippen molar-refractivity contribution in [3.63, 3.8) is 0 Å². The maximum Gasteiger partial charge on any atom is 0.101 e. The van der Waals surface area contributed by atoms with Crippen LogP contribution in [0.5, 0.6) is 0 Å². The van der Waals surface area contributed by atoms with Crippen LogP contribution in [-0.4, -0.2) is 9.13 Å². The minimum absolute atomic E-state index is 0.572. The third-order valence-corrected chi connectivity index (χ3v) is 8.89. The van der Waals surface area contributed by atoms with E-state index in [1.807, 2.05) is 31.2 Å². The van der Waals surface area contributed by atoms with Crippen molar-refractivity contribution >= 4 is 43.6 Å². The maximum absolute atomic E-state index is 10.8. The van der Waals surface area contributed by atoms with Crippen molar-refractivity contribution in [2.45, 2.75) is 20.8 Å². The number of hydrogen-bond acceptors (Lipinski definition) is 2. The Morgan fingerprint density at radius 3 is 1.60 bits per heavy atom. The van der Waals surface area contributed by atoms with E-state index < -0.39 is 0 Å². The van der Waals surface area contributed by atoms with Gasteiger partial charge in [-0.15, -0.1) is 0 Å². The largest absolute Gasteiger partial charge is 0.309 e. The van der Waals surface area contributed by atoms with Crippen molar-refractivity contribution in [2.75, 3.05) is 0 Å². The lowest BCUT2D eigenvalue weighted by atomic mass is 9.96. The van der Waals surface area contributed by atoms with Crippen LogP contribution in [-0.2, 0) is 0 Å². The van der Waals surface area contributed by atoms with Crippen molar-refractivity contribution in [2.24, 2.45) is 0 Å². The molecule has 0 radical (unpaired) electrons. The Morgan fingerprint density at radius 2 is 1.02 bits per heavy atom. The van der Waals surface area contributed by atoms with Crippen LogP contribution < -0.4 is 0 Å². The minimum Gasteiger partial charge on any atom is -0.309 e. The van der Waals surface area contributed by atoms with E-state index in [4.69, 9.17) is 0 Å². The van der Waals surface area contributed by atoms with Gasteiger partial charge in [-0.2, -0.15) is 10.5 Å². The number of para-hydroxylation sites is 2. The number of fused-ring (bicyclic) bond motifs is 6. The molecule has 0 fully saturated rings. The normalized spacial score (nSPS) is 11.4. The molecule has 212 valence electrons. The lowest BCUT2D eigenvalue weighted by Crippen LogP contribution is -2.04. The highest BCUT2D eigenvalue weighted by Gasteiger charge is 2.22. The molecule has 6 aromatic carbocycles. The van der Waals surface area contributed by atoms with Gasteiger partial charge in [0.2, 0.25) is 0 Å². The fourth-order valence-electron chi connectivity index (χ4n) is 6.96. The Morgan fingerprint density at radius 1 is 0.467 bits per heavy atom. The number of rotatable bonds is 3. The van der Waals surface area contributed by atoms with Crippen molar-refractivity contribution in [3.8, 4) is 34.6 Å². The number of aryl methyl sites for hydroxylation is 3. The second kappa shape index (κ2) is 9.98. The maximum atomic E-state index is 10.8. The average molecular weight is 577 g/mol. The van der Waals surface area contributed by atoms with Gasteiger partial charge >= 0.3 is 0 Å². The van der Waals surface area contributed by atoms with E-state index >= 15 is 0 Å². The van der Waals surface area contributed by atoms with Gasteiger partial charge in [-0.05, 0) is 92.6 Å². The molecular weight excluding hydrogens is 548 g/mol. The Bertz CT molecular complexity index is 2600. The van der Waals surface area contributed by atoms with Gasteiger partial charge in [0.05, 0.1) is 50.6 Å². The number of benzene rings is 6. The van der Waals surface area contributed by atoms with Crippen molar-refractivity contribution < 1.29 is 0 Å². The summed E-state index contributed by atoms with van der Waals surface area (Å²) in [5, 5.41) is 25.3. The van der Waals surface area contributed by atoms with Crippen LogP contribution >= 0.6 is 0 Å². The highest BCUT2D eigenvalue weighted by atomic mass is 15.0. The van der Waals surface area contributed by atoms with Gasteiger partial charge in [-0.1, -0.05) is 65.7 Å². The highest BCUT2D eigenvalue weighted by molar-refractivity contribution is 6.11. The molecule has 2 heterocycles. The topological polar surface area (TPSA) is 57.4 Å². The van der Waals surface area contributed by atoms with Crippen LogP contribution in [0.1, 0.15) is 27.8 Å². The summed E-state index contributed by atoms with van der Waals surface area (Å²) >= 11 is 0. The highest BCUT2D eigenvalue weighted by Crippen LogP contribution is 2.41. The second-order valence-corrected chi connectivity index (χ2v) is 11.9. The predicted molar refractivity (Wildman–Crippen MR) is 184 cm³/mol. The first-order chi connectivity index (χ1) is 21.9. The molecule has 0 saturated carbocycles. The third kappa shape index (κ3) is 4.04. The SMILES string of the molecule is Cc1cc(C#N)cc(-c2cc(-n3c4ccccc4c4cc(C)ccc43)c(C#N)cc2-n2c3ccccc3c3cc(C)ccc32)c1. The number of nitriles is 2. The molecule has 8 rings (SSSR count). The first-order valence-electron chi connectivity index (χ1n) is 15.1. The van der Waals surface area contributed by atoms with Gasteiger partial charge in [-0.3, -0.25) is 0 Å². The summed E-state index contributed by atoms with van der Waals surface area (Å²) in [6, 6.07) is 44.9. The first-order valence-corrected chi connectivity index (χ1v) is 15.1. The van der Waals surface area contributed by atoms with Gasteiger partial charge in [0, 0.05) is 27.1 Å². The van der Waals surface area contributed by atoms with Gasteiger partial charge in [0.15, 0.2) is 0 Å². The quantitative estimate of drug-likeness (QED) is 0.210. The second-order valence-electron chi connectivity index (χ2n) is 11.9. The molecule has 8 aromatic rings. The average Bonchev–Trinajstić information content (AvgIpc) is 3.56. The molecule has 0 amide bonds. The molecule has 0 spiro atoms. The Labute approximate surface area is 261 Å². The molecule has 4 nitrogen and oxygen atoms in total. The first kappa shape index (κ1) is 26.5. The molecule has 0 bridgehead atoms. The van der Waals surface area contributed by atoms with Crippen LogP contribution in [0.4, 0.5) is 0 Å². The summed E-state index contributed by atoms with van der Waals surface area (Å²) in [5.41, 5.74) is 12.4. The molecule has 0 unspecified atom stereocenters. The molecule has 0 aliphatic heterocycles. The van der Waals surface area contributed by atoms with E-state index in [1.165, 1.54) is 16.5 Å². The molecule has 4 heteroatoms. The zero-order chi connectivity index (χ0) is 30.8. The van der Waals surface area contributed by atoms with E-state index in [1.54, 1.807) is 0 Å². The fraction of sp³-hybridized carbons (Fsp3) is 0.0732. The predicted octanol–water partition coefficient (Wildman–Crippen LogP) is 10.2. The van der Waals surface area contributed by atoms with Crippen LogP contribution in [0.25, 0.3) is 66.1 Å². The summed E-state index contributed by atoms with van der Waals surface area (Å²) in [6.45, 7) is 6.24. The zero-order valence-corrected chi connectivity index (χ0v) is 25.3. The Hall–Kier alpha value is -6.10. The lowest BCUT2D eigenvalue weighted by molar-refractivity contribution is 1.13. The van der Waals surface area contributed by atoms with Crippen LogP contribution in [0, 0.1) is 43.4 Å². The summed E-state index contributed by atoms with van der Waals surface area (Å²) in [6.07, 6.45) is 0. The van der Waals surface area contributed by atoms with Crippen molar-refractivity contribution in [3.05, 3.63) is 143 Å². The summed E-state index contributed by atoms with van der Waals surface area (Å²) < 4.78 is 4.49. The van der Waals surface area contributed by atoms with Gasteiger partial charge < -0.3 is 9.13 Å². The van der Waals surface area contributed by atoms with Crippen LogP contribution in [0.2, 0.25) is 0 Å². The van der Waals surface area contributed by atoms with Gasteiger partial charge in [0.25, 0.3) is 0 Å². The van der Waals surface area contributed by atoms with E-state index in [0.29, 0.717) is 11.1 Å². The van der Waals surface area contributed by atoms with Gasteiger partial charge in [0.1, 0.15) is 6.07 Å². The van der Waals surface area contributed by atoms with Crippen molar-refractivity contribution in [1.82, 2.24) is 9.13 Å². The number of nitrogens with zero attached hydrogens (tertiary/aromatic N) is 4. The molecule has 0 saturated heterocycles. The van der Waals surface area contributed by atoms with E-state index in [0.717, 1.165) is 66.3 Å². The summed E-state index contributed by atoms with van der Waals surface area (Å²) in [4.78, 5) is 0. The van der Waals surface area contributed by atoms with E-state index in [-0.39, 0.29) is 0 Å². The smallest absolute Gasteiger partial charge is 0.101 e. The van der Waals surface area contributed by atoms with Crippen molar-refractivity contribution in [1.29, 1.82) is 10.5 Å². The van der Waals surface area contributed by atoms with E-state index in [9.17, 15) is 10.5 Å².